The van der Waals surface area contributed by atoms with Crippen molar-refractivity contribution >= 4 is 33.7 Å². The average molecular weight is 640 g/mol. The number of hydrogen-bond acceptors (Lipinski definition) is 5. The Balaban J connectivity index is 1.03. The maximum absolute atomic E-state index is 14.1. The number of amides is 3. The molecule has 0 unspecified atom stereocenters. The second kappa shape index (κ2) is 13.5. The summed E-state index contributed by atoms with van der Waals surface area (Å²) in [6.45, 7) is 8.60. The summed E-state index contributed by atoms with van der Waals surface area (Å²) in [5.41, 5.74) is 4.60. The highest BCUT2D eigenvalue weighted by atomic mass is 16.2. The van der Waals surface area contributed by atoms with Crippen LogP contribution in [-0.4, -0.2) is 113 Å². The van der Waals surface area contributed by atoms with E-state index >= 15 is 0 Å². The van der Waals surface area contributed by atoms with Gasteiger partial charge in [-0.1, -0.05) is 24.3 Å². The zero-order chi connectivity index (χ0) is 32.5. The molecule has 5 heterocycles. The molecule has 2 aromatic heterocycles. The van der Waals surface area contributed by atoms with Gasteiger partial charge in [0, 0.05) is 81.0 Å². The maximum atomic E-state index is 14.1. The summed E-state index contributed by atoms with van der Waals surface area (Å²) in [7, 11) is 2.27. The summed E-state index contributed by atoms with van der Waals surface area (Å²) in [6.07, 6.45) is 6.03. The molecular formula is C36H47N8O3+. The van der Waals surface area contributed by atoms with E-state index in [-0.39, 0.29) is 23.4 Å². The number of H-pyrrole nitrogens is 2. The van der Waals surface area contributed by atoms with E-state index in [1.54, 1.807) is 16.0 Å². The lowest BCUT2D eigenvalue weighted by atomic mass is 9.89. The van der Waals surface area contributed by atoms with Crippen molar-refractivity contribution in [1.82, 2.24) is 35.2 Å². The van der Waals surface area contributed by atoms with Crippen LogP contribution in [0.4, 0.5) is 4.79 Å². The van der Waals surface area contributed by atoms with E-state index in [9.17, 15) is 14.4 Å². The molecular weight excluding hydrogens is 592 g/mol. The lowest BCUT2D eigenvalue weighted by Gasteiger charge is -2.42. The van der Waals surface area contributed by atoms with Crippen LogP contribution in [-0.2, 0) is 11.2 Å². The quantitative estimate of drug-likeness (QED) is 0.257. The lowest BCUT2D eigenvalue weighted by Crippen LogP contribution is -3.10. The number of nitrogens with zero attached hydrogens (tertiary/aromatic N) is 4. The summed E-state index contributed by atoms with van der Waals surface area (Å²) >= 11 is 0. The van der Waals surface area contributed by atoms with Gasteiger partial charge in [0.1, 0.15) is 6.04 Å². The van der Waals surface area contributed by atoms with Crippen LogP contribution in [0.25, 0.3) is 21.8 Å². The standard InChI is InChI=1S/C36H46N8O3/c1-24-19-25(20-28-23-37-40-33(24)28)21-32(35(46)43-17-15-42(16-18-43)29-9-11-41(2)12-10-29)39-36(47)44-13-7-26(8-14-44)30-22-27-5-3-4-6-31(27)38-34(30)45/h3-6,19-20,22-23,26,29,32H,7-18,21H2,1-2H3,(H,37,40)(H,38,45)(H,39,47)/p+1/t32-/m1/s1. The number of piperazine rings is 1. The van der Waals surface area contributed by atoms with Crippen LogP contribution < -0.4 is 15.8 Å². The van der Waals surface area contributed by atoms with Gasteiger partial charge in [0.15, 0.2) is 0 Å². The fraction of sp³-hybridized carbons (Fsp3) is 0.500. The van der Waals surface area contributed by atoms with Crippen LogP contribution in [0.3, 0.4) is 0 Å². The molecule has 3 aliphatic heterocycles. The Bertz CT molecular complexity index is 1790. The molecule has 3 fully saturated rings. The van der Waals surface area contributed by atoms with Crippen LogP contribution in [0.1, 0.15) is 48.3 Å². The normalized spacial score (nSPS) is 22.1. The molecule has 7 rings (SSSR count). The van der Waals surface area contributed by atoms with Crippen molar-refractivity contribution in [2.75, 3.05) is 59.4 Å². The number of fused-ring (bicyclic) bond motifs is 2. The first kappa shape index (κ1) is 31.4. The number of carbonyl (C=O) groups is 2. The van der Waals surface area contributed by atoms with E-state index in [2.05, 4.69) is 44.6 Å². The van der Waals surface area contributed by atoms with Gasteiger partial charge in [-0.25, -0.2) is 4.79 Å². The van der Waals surface area contributed by atoms with Crippen molar-refractivity contribution in [3.63, 3.8) is 0 Å². The van der Waals surface area contributed by atoms with Crippen LogP contribution in [0.2, 0.25) is 0 Å². The number of aryl methyl sites for hydroxylation is 1. The predicted octanol–water partition coefficient (Wildman–Crippen LogP) is 2.03. The van der Waals surface area contributed by atoms with Gasteiger partial charge >= 0.3 is 6.03 Å². The second-order valence-corrected chi connectivity index (χ2v) is 13.9. The molecule has 4 aromatic rings. The van der Waals surface area contributed by atoms with E-state index < -0.39 is 6.04 Å². The highest BCUT2D eigenvalue weighted by Gasteiger charge is 2.34. The first-order valence-electron chi connectivity index (χ1n) is 17.3. The highest BCUT2D eigenvalue weighted by Crippen LogP contribution is 2.28. The molecule has 0 aliphatic carbocycles. The summed E-state index contributed by atoms with van der Waals surface area (Å²) in [5, 5.41) is 12.4. The van der Waals surface area contributed by atoms with E-state index in [0.717, 1.165) is 51.6 Å². The average Bonchev–Trinajstić information content (AvgIpc) is 3.57. The Morgan fingerprint density at radius 1 is 0.957 bits per heavy atom. The number of aromatic nitrogens is 3. The zero-order valence-corrected chi connectivity index (χ0v) is 27.6. The molecule has 3 saturated heterocycles. The molecule has 248 valence electrons. The molecule has 0 saturated carbocycles. The number of pyridine rings is 1. The van der Waals surface area contributed by atoms with Gasteiger partial charge in [-0.2, -0.15) is 5.10 Å². The molecule has 2 aromatic carbocycles. The first-order chi connectivity index (χ1) is 22.8. The fourth-order valence-electron chi connectivity index (χ4n) is 7.96. The monoisotopic (exact) mass is 639 g/mol. The molecule has 4 N–H and O–H groups in total. The highest BCUT2D eigenvalue weighted by molar-refractivity contribution is 5.88. The number of hydrogen-bond donors (Lipinski definition) is 4. The van der Waals surface area contributed by atoms with Gasteiger partial charge in [0.25, 0.3) is 5.56 Å². The Kier molecular flexibility index (Phi) is 9.00. The fourth-order valence-corrected chi connectivity index (χ4v) is 7.96. The number of aromatic amines is 2. The Morgan fingerprint density at radius 2 is 1.70 bits per heavy atom. The third kappa shape index (κ3) is 6.78. The number of rotatable bonds is 6. The molecule has 0 radical (unpaired) electrons. The van der Waals surface area contributed by atoms with E-state index in [1.807, 2.05) is 42.2 Å². The van der Waals surface area contributed by atoms with Gasteiger partial charge in [-0.05, 0) is 60.4 Å². The topological polar surface area (TPSA) is 122 Å². The minimum Gasteiger partial charge on any atom is -0.338 e. The van der Waals surface area contributed by atoms with Gasteiger partial charge in [0.05, 0.1) is 31.9 Å². The number of carbonyl (C=O) groups excluding carboxylic acids is 2. The third-order valence-corrected chi connectivity index (χ3v) is 10.8. The van der Waals surface area contributed by atoms with E-state index in [4.69, 9.17) is 0 Å². The van der Waals surface area contributed by atoms with Crippen LogP contribution in [0.5, 0.6) is 0 Å². The van der Waals surface area contributed by atoms with Crippen molar-refractivity contribution in [3.8, 4) is 0 Å². The minimum atomic E-state index is -0.675. The number of quaternary nitrogens is 1. The number of likely N-dealkylation sites (tertiary alicyclic amines) is 2. The Morgan fingerprint density at radius 3 is 2.47 bits per heavy atom. The van der Waals surface area contributed by atoms with Crippen molar-refractivity contribution in [2.24, 2.45) is 0 Å². The predicted molar refractivity (Wildman–Crippen MR) is 183 cm³/mol. The van der Waals surface area contributed by atoms with Crippen molar-refractivity contribution < 1.29 is 14.5 Å². The van der Waals surface area contributed by atoms with Crippen molar-refractivity contribution in [2.45, 2.75) is 57.0 Å². The lowest BCUT2D eigenvalue weighted by molar-refractivity contribution is -0.885. The number of benzene rings is 2. The second-order valence-electron chi connectivity index (χ2n) is 13.9. The molecule has 1 atom stereocenters. The molecule has 3 amide bonds. The van der Waals surface area contributed by atoms with Crippen LogP contribution in [0, 0.1) is 6.92 Å². The molecule has 47 heavy (non-hydrogen) atoms. The van der Waals surface area contributed by atoms with Crippen LogP contribution >= 0.6 is 0 Å². The largest absolute Gasteiger partial charge is 0.338 e. The molecule has 11 nitrogen and oxygen atoms in total. The van der Waals surface area contributed by atoms with Gasteiger partial charge in [-0.15, -0.1) is 0 Å². The van der Waals surface area contributed by atoms with Gasteiger partial charge < -0.3 is 25.0 Å². The SMILES string of the molecule is Cc1cc(C[C@@H](NC(=O)N2CCC(c3cc4ccccc4[nH]c3=O)CC2)C(=O)N2CCN(C3CC[NH+](C)CC3)CC2)cc2cn[nH]c12. The summed E-state index contributed by atoms with van der Waals surface area (Å²) in [6, 6.07) is 13.7. The summed E-state index contributed by atoms with van der Waals surface area (Å²) in [4.78, 5) is 51.7. The zero-order valence-electron chi connectivity index (χ0n) is 27.6. The maximum Gasteiger partial charge on any atom is 0.318 e. The number of nitrogens with one attached hydrogen (secondary N) is 4. The van der Waals surface area contributed by atoms with E-state index in [0.29, 0.717) is 51.5 Å². The Labute approximate surface area is 275 Å². The molecule has 0 spiro atoms. The van der Waals surface area contributed by atoms with Crippen molar-refractivity contribution in [3.05, 3.63) is 75.7 Å². The molecule has 3 aliphatic rings. The number of para-hydroxylation sites is 1. The van der Waals surface area contributed by atoms with E-state index in [1.165, 1.54) is 25.9 Å². The van der Waals surface area contributed by atoms with Gasteiger partial charge in [0.2, 0.25) is 5.91 Å². The smallest absolute Gasteiger partial charge is 0.318 e. The molecule has 0 bridgehead atoms. The first-order valence-corrected chi connectivity index (χ1v) is 17.3. The summed E-state index contributed by atoms with van der Waals surface area (Å²) < 4.78 is 0. The number of urea groups is 1. The number of piperidine rings is 2. The molecule has 11 heteroatoms. The third-order valence-electron chi connectivity index (χ3n) is 10.8. The Hall–Kier alpha value is -4.22. The van der Waals surface area contributed by atoms with Crippen molar-refractivity contribution in [1.29, 1.82) is 0 Å². The minimum absolute atomic E-state index is 0.0200. The van der Waals surface area contributed by atoms with Gasteiger partial charge in [-0.3, -0.25) is 19.6 Å². The summed E-state index contributed by atoms with van der Waals surface area (Å²) in [5.74, 6) is 0.0603. The van der Waals surface area contributed by atoms with Crippen LogP contribution in [0.15, 0.2) is 53.5 Å².